The maximum Gasteiger partial charge on any atom is -0.0104 e. The van der Waals surface area contributed by atoms with Crippen LogP contribution in [0.4, 0.5) is 0 Å². The minimum atomic E-state index is 0.297. The van der Waals surface area contributed by atoms with Crippen molar-refractivity contribution in [3.05, 3.63) is 119 Å². The van der Waals surface area contributed by atoms with Gasteiger partial charge in [-0.15, -0.1) is 0 Å². The summed E-state index contributed by atoms with van der Waals surface area (Å²) in [5.74, 6) is 0. The predicted molar refractivity (Wildman–Crippen MR) is 147 cm³/mol. The highest BCUT2D eigenvalue weighted by Crippen LogP contribution is 2.40. The van der Waals surface area contributed by atoms with Crippen molar-refractivity contribution in [2.24, 2.45) is 5.41 Å². The number of hydrogen-bond donors (Lipinski definition) is 0. The van der Waals surface area contributed by atoms with Crippen LogP contribution in [0.5, 0.6) is 0 Å². The molecule has 0 nitrogen and oxygen atoms in total. The summed E-state index contributed by atoms with van der Waals surface area (Å²) >= 11 is 0. The summed E-state index contributed by atoms with van der Waals surface area (Å²) < 4.78 is 0. The lowest BCUT2D eigenvalue weighted by Crippen LogP contribution is -2.19. The van der Waals surface area contributed by atoms with Crippen LogP contribution in [0.15, 0.2) is 119 Å². The van der Waals surface area contributed by atoms with Crippen LogP contribution in [0, 0.1) is 5.41 Å². The lowest BCUT2D eigenvalue weighted by molar-refractivity contribution is 0.377. The van der Waals surface area contributed by atoms with Crippen LogP contribution in [0.1, 0.15) is 74.7 Å². The standard InChI is InChI=1S/C32H44/c1-9-15-26(2)18-12-19-27(3)16-10-11-17-28(4)20-13-21-29(5)23-24-31-30(6)22-14-25-32(31,7)8/h9-13,15-21,23-24H,14,22,25H2,1-8H3/b11-10+,15-9+,19-12+,20-13+,24-23+,26-18+,27-16+,28-17+,29-21+. The van der Waals surface area contributed by atoms with E-state index >= 15 is 0 Å². The Balaban J connectivity index is 2.64. The van der Waals surface area contributed by atoms with Gasteiger partial charge in [0.2, 0.25) is 0 Å². The molecule has 0 radical (unpaired) electrons. The molecule has 0 saturated carbocycles. The number of allylic oxidation sites excluding steroid dienone is 20. The normalized spacial score (nSPS) is 19.8. The highest BCUT2D eigenvalue weighted by atomic mass is 14.3. The molecule has 0 bridgehead atoms. The van der Waals surface area contributed by atoms with E-state index in [0.29, 0.717) is 5.41 Å². The summed E-state index contributed by atoms with van der Waals surface area (Å²) in [7, 11) is 0. The van der Waals surface area contributed by atoms with E-state index in [1.807, 2.05) is 6.92 Å². The first kappa shape index (κ1) is 27.4. The van der Waals surface area contributed by atoms with Crippen molar-refractivity contribution in [3.8, 4) is 0 Å². The second kappa shape index (κ2) is 14.5. The lowest BCUT2D eigenvalue weighted by Gasteiger charge is -2.32. The Labute approximate surface area is 198 Å². The number of rotatable bonds is 9. The van der Waals surface area contributed by atoms with Gasteiger partial charge in [0.1, 0.15) is 0 Å². The maximum absolute atomic E-state index is 2.37. The van der Waals surface area contributed by atoms with E-state index in [2.05, 4.69) is 134 Å². The molecule has 0 amide bonds. The van der Waals surface area contributed by atoms with Gasteiger partial charge in [0.05, 0.1) is 0 Å². The van der Waals surface area contributed by atoms with Gasteiger partial charge < -0.3 is 0 Å². The van der Waals surface area contributed by atoms with Gasteiger partial charge in [-0.05, 0) is 71.8 Å². The molecule has 32 heavy (non-hydrogen) atoms. The van der Waals surface area contributed by atoms with Gasteiger partial charge in [0, 0.05) is 0 Å². The molecule has 0 saturated heterocycles. The van der Waals surface area contributed by atoms with E-state index in [4.69, 9.17) is 0 Å². The Kier molecular flexibility index (Phi) is 12.4. The Hall–Kier alpha value is -2.60. The Morgan fingerprint density at radius 1 is 0.688 bits per heavy atom. The molecular formula is C32H44. The van der Waals surface area contributed by atoms with E-state index < -0.39 is 0 Å². The monoisotopic (exact) mass is 428 g/mol. The average Bonchev–Trinajstić information content (AvgIpc) is 2.70. The molecule has 0 atom stereocenters. The van der Waals surface area contributed by atoms with Crippen LogP contribution in [0.2, 0.25) is 0 Å². The van der Waals surface area contributed by atoms with Crippen molar-refractivity contribution in [1.82, 2.24) is 0 Å². The van der Waals surface area contributed by atoms with Gasteiger partial charge in [-0.2, -0.15) is 0 Å². The summed E-state index contributed by atoms with van der Waals surface area (Å²) in [5, 5.41) is 0. The molecule has 1 rings (SSSR count). The zero-order chi connectivity index (χ0) is 24.0. The zero-order valence-electron chi connectivity index (χ0n) is 21.7. The van der Waals surface area contributed by atoms with Gasteiger partial charge in [-0.25, -0.2) is 0 Å². The Morgan fingerprint density at radius 3 is 1.66 bits per heavy atom. The number of hydrogen-bond acceptors (Lipinski definition) is 0. The Morgan fingerprint density at radius 2 is 1.16 bits per heavy atom. The van der Waals surface area contributed by atoms with Crippen LogP contribution in [-0.2, 0) is 0 Å². The summed E-state index contributed by atoms with van der Waals surface area (Å²) in [6.07, 6.45) is 33.8. The van der Waals surface area contributed by atoms with Gasteiger partial charge in [-0.1, -0.05) is 127 Å². The third kappa shape index (κ3) is 11.1. The minimum absolute atomic E-state index is 0.297. The molecule has 0 unspecified atom stereocenters. The molecule has 0 aliphatic heterocycles. The molecule has 0 heterocycles. The summed E-state index contributed by atoms with van der Waals surface area (Å²) in [6.45, 7) is 17.6. The van der Waals surface area contributed by atoms with Crippen molar-refractivity contribution in [1.29, 1.82) is 0 Å². The predicted octanol–water partition coefficient (Wildman–Crippen LogP) is 10.1. The van der Waals surface area contributed by atoms with Crippen molar-refractivity contribution < 1.29 is 0 Å². The van der Waals surface area contributed by atoms with Gasteiger partial charge in [-0.3, -0.25) is 0 Å². The van der Waals surface area contributed by atoms with Gasteiger partial charge in [0.15, 0.2) is 0 Å². The molecule has 0 N–H and O–H groups in total. The fourth-order valence-electron chi connectivity index (χ4n) is 3.83. The molecule has 0 aromatic rings. The largest absolute Gasteiger partial charge is 0.0874 e. The first-order chi connectivity index (χ1) is 15.2. The van der Waals surface area contributed by atoms with Crippen LogP contribution < -0.4 is 0 Å². The summed E-state index contributed by atoms with van der Waals surface area (Å²) in [5.41, 5.74) is 8.34. The first-order valence-corrected chi connectivity index (χ1v) is 11.9. The fourth-order valence-corrected chi connectivity index (χ4v) is 3.83. The molecule has 0 aromatic heterocycles. The third-order valence-electron chi connectivity index (χ3n) is 5.75. The highest BCUT2D eigenvalue weighted by molar-refractivity contribution is 5.37. The third-order valence-corrected chi connectivity index (χ3v) is 5.75. The van der Waals surface area contributed by atoms with Crippen molar-refractivity contribution in [2.75, 3.05) is 0 Å². The molecular weight excluding hydrogens is 384 g/mol. The van der Waals surface area contributed by atoms with E-state index in [-0.39, 0.29) is 0 Å². The SMILES string of the molecule is C/C=C/C(C)=C/C=C/C(C)=C/C=C/C=C(C)/C=C/C=C(C)/C=C/C1=C(C)CCCC1(C)C. The minimum Gasteiger partial charge on any atom is -0.0874 e. The molecule has 172 valence electrons. The quantitative estimate of drug-likeness (QED) is 0.320. The smallest absolute Gasteiger partial charge is 0.0104 e. The molecule has 0 aromatic carbocycles. The van der Waals surface area contributed by atoms with Crippen molar-refractivity contribution in [3.63, 3.8) is 0 Å². The maximum atomic E-state index is 2.37. The van der Waals surface area contributed by atoms with E-state index in [0.717, 1.165) is 0 Å². The van der Waals surface area contributed by atoms with E-state index in [1.54, 1.807) is 5.57 Å². The second-order valence-corrected chi connectivity index (χ2v) is 9.51. The van der Waals surface area contributed by atoms with E-state index in [1.165, 1.54) is 47.1 Å². The van der Waals surface area contributed by atoms with Gasteiger partial charge in [0.25, 0.3) is 0 Å². The molecule has 1 aliphatic rings. The van der Waals surface area contributed by atoms with Crippen LogP contribution in [0.25, 0.3) is 0 Å². The van der Waals surface area contributed by atoms with Crippen LogP contribution >= 0.6 is 0 Å². The zero-order valence-corrected chi connectivity index (χ0v) is 21.7. The summed E-state index contributed by atoms with van der Waals surface area (Å²) in [6, 6.07) is 0. The van der Waals surface area contributed by atoms with Crippen LogP contribution in [0.3, 0.4) is 0 Å². The Bertz CT molecular complexity index is 909. The molecule has 0 heteroatoms. The first-order valence-electron chi connectivity index (χ1n) is 11.9. The topological polar surface area (TPSA) is 0 Å². The van der Waals surface area contributed by atoms with Crippen molar-refractivity contribution in [2.45, 2.75) is 74.7 Å². The molecule has 1 aliphatic carbocycles. The average molecular weight is 429 g/mol. The second-order valence-electron chi connectivity index (χ2n) is 9.51. The molecule has 0 spiro atoms. The van der Waals surface area contributed by atoms with E-state index in [9.17, 15) is 0 Å². The lowest BCUT2D eigenvalue weighted by atomic mass is 9.72. The summed E-state index contributed by atoms with van der Waals surface area (Å²) in [4.78, 5) is 0. The molecule has 0 fully saturated rings. The van der Waals surface area contributed by atoms with Gasteiger partial charge >= 0.3 is 0 Å². The highest BCUT2D eigenvalue weighted by Gasteiger charge is 2.26. The fraction of sp³-hybridized carbons (Fsp3) is 0.375. The van der Waals surface area contributed by atoms with Crippen molar-refractivity contribution >= 4 is 0 Å². The van der Waals surface area contributed by atoms with Crippen LogP contribution in [-0.4, -0.2) is 0 Å².